The topological polar surface area (TPSA) is 81.4 Å². The van der Waals surface area contributed by atoms with E-state index in [1.54, 1.807) is 7.11 Å². The van der Waals surface area contributed by atoms with Crippen molar-refractivity contribution in [1.29, 1.82) is 0 Å². The first-order valence-corrected chi connectivity index (χ1v) is 10.1. The Morgan fingerprint density at radius 1 is 1.29 bits per heavy atom. The highest BCUT2D eigenvalue weighted by Gasteiger charge is 2.31. The van der Waals surface area contributed by atoms with Crippen LogP contribution in [0.25, 0.3) is 4.96 Å². The fourth-order valence-electron chi connectivity index (χ4n) is 3.52. The number of benzene rings is 1. The van der Waals surface area contributed by atoms with Gasteiger partial charge in [0, 0.05) is 13.1 Å². The monoisotopic (exact) mass is 404 g/mol. The van der Waals surface area contributed by atoms with Gasteiger partial charge < -0.3 is 19.3 Å². The second-order valence-corrected chi connectivity index (χ2v) is 7.55. The Morgan fingerprint density at radius 3 is 2.75 bits per heavy atom. The van der Waals surface area contributed by atoms with Crippen LogP contribution in [-0.4, -0.2) is 64.6 Å². The third kappa shape index (κ3) is 3.41. The molecule has 1 aliphatic heterocycles. The molecule has 8 nitrogen and oxygen atoms in total. The lowest BCUT2D eigenvalue weighted by Crippen LogP contribution is -2.39. The van der Waals surface area contributed by atoms with Crippen LogP contribution in [0.1, 0.15) is 29.2 Å². The van der Waals surface area contributed by atoms with E-state index in [0.29, 0.717) is 42.1 Å². The van der Waals surface area contributed by atoms with Crippen molar-refractivity contribution in [1.82, 2.24) is 19.5 Å². The molecule has 28 heavy (non-hydrogen) atoms. The molecule has 4 rings (SSSR count). The molecule has 0 amide bonds. The van der Waals surface area contributed by atoms with Crippen LogP contribution in [0.3, 0.4) is 0 Å². The lowest BCUT2D eigenvalue weighted by atomic mass is 10.0. The molecule has 150 valence electrons. The van der Waals surface area contributed by atoms with Gasteiger partial charge in [-0.05, 0) is 31.5 Å². The van der Waals surface area contributed by atoms with Crippen molar-refractivity contribution < 1.29 is 19.3 Å². The van der Waals surface area contributed by atoms with Crippen LogP contribution in [0.4, 0.5) is 0 Å². The molecule has 3 aromatic rings. The van der Waals surface area contributed by atoms with E-state index in [9.17, 15) is 5.11 Å². The molecular formula is C19H24N4O4S. The lowest BCUT2D eigenvalue weighted by Gasteiger charge is -2.34. The number of hydrogen-bond acceptors (Lipinski definition) is 8. The van der Waals surface area contributed by atoms with Crippen molar-refractivity contribution in [3.8, 4) is 17.4 Å². The van der Waals surface area contributed by atoms with Crippen LogP contribution in [0.5, 0.6) is 17.4 Å². The van der Waals surface area contributed by atoms with E-state index < -0.39 is 0 Å². The van der Waals surface area contributed by atoms with Gasteiger partial charge in [-0.25, -0.2) is 4.98 Å². The summed E-state index contributed by atoms with van der Waals surface area (Å²) in [6.45, 7) is 7.18. The number of thiazole rings is 1. The number of fused-ring (bicyclic) bond motifs is 1. The molecule has 1 aliphatic rings. The fourth-order valence-corrected chi connectivity index (χ4v) is 4.68. The van der Waals surface area contributed by atoms with Crippen molar-refractivity contribution in [3.63, 3.8) is 0 Å². The number of aromatic nitrogens is 3. The van der Waals surface area contributed by atoms with Gasteiger partial charge in [-0.1, -0.05) is 17.4 Å². The summed E-state index contributed by atoms with van der Waals surface area (Å²) in [6.07, 6.45) is 0. The Hall–Kier alpha value is -2.36. The normalized spacial score (nSPS) is 16.4. The number of aryl methyl sites for hydroxylation is 1. The van der Waals surface area contributed by atoms with Gasteiger partial charge in [0.15, 0.2) is 11.5 Å². The molecule has 2 aromatic heterocycles. The van der Waals surface area contributed by atoms with E-state index in [1.165, 1.54) is 15.9 Å². The lowest BCUT2D eigenvalue weighted by molar-refractivity contribution is 0.0240. The summed E-state index contributed by atoms with van der Waals surface area (Å²) in [5.74, 6) is 2.15. The maximum atomic E-state index is 10.9. The number of ether oxygens (including phenoxy) is 3. The van der Waals surface area contributed by atoms with Gasteiger partial charge in [-0.2, -0.15) is 4.52 Å². The summed E-state index contributed by atoms with van der Waals surface area (Å²) in [5, 5.41) is 15.2. The zero-order chi connectivity index (χ0) is 19.7. The van der Waals surface area contributed by atoms with Gasteiger partial charge in [0.2, 0.25) is 10.8 Å². The molecule has 3 heterocycles. The molecule has 9 heteroatoms. The number of rotatable bonds is 6. The molecule has 0 spiro atoms. The number of nitrogens with zero attached hydrogens (tertiary/aromatic N) is 4. The number of methoxy groups -OCH3 is 1. The van der Waals surface area contributed by atoms with Gasteiger partial charge in [0.1, 0.15) is 5.82 Å². The highest BCUT2D eigenvalue weighted by atomic mass is 32.1. The molecule has 1 fully saturated rings. The maximum Gasteiger partial charge on any atom is 0.230 e. The minimum atomic E-state index is -0.151. The first-order valence-electron chi connectivity index (χ1n) is 9.30. The molecule has 1 unspecified atom stereocenters. The first kappa shape index (κ1) is 19.0. The Bertz CT molecular complexity index is 964. The number of hydrogen-bond donors (Lipinski definition) is 1. The zero-order valence-electron chi connectivity index (χ0n) is 16.2. The van der Waals surface area contributed by atoms with Gasteiger partial charge >= 0.3 is 0 Å². The predicted octanol–water partition coefficient (Wildman–Crippen LogP) is 2.63. The van der Waals surface area contributed by atoms with Crippen LogP contribution in [0.15, 0.2) is 18.2 Å². The molecular weight excluding hydrogens is 380 g/mol. The SMILES string of the molecule is CCOc1ccc(C(c2sc3nc(C)nn3c2O)N2CCOCC2)cc1OC. The van der Waals surface area contributed by atoms with Crippen LogP contribution in [0, 0.1) is 6.92 Å². The largest absolute Gasteiger partial charge is 0.493 e. The molecule has 0 saturated carbocycles. The van der Waals surface area contributed by atoms with E-state index in [1.807, 2.05) is 32.0 Å². The van der Waals surface area contributed by atoms with Gasteiger partial charge in [0.25, 0.3) is 0 Å². The van der Waals surface area contributed by atoms with Gasteiger partial charge in [0.05, 0.1) is 37.8 Å². The number of aromatic hydroxyl groups is 1. The third-order valence-electron chi connectivity index (χ3n) is 4.77. The van der Waals surface area contributed by atoms with E-state index in [2.05, 4.69) is 15.0 Å². The Labute approximate surface area is 167 Å². The van der Waals surface area contributed by atoms with Crippen molar-refractivity contribution in [2.75, 3.05) is 40.0 Å². The highest BCUT2D eigenvalue weighted by molar-refractivity contribution is 7.17. The summed E-state index contributed by atoms with van der Waals surface area (Å²) in [5.41, 5.74) is 1.01. The van der Waals surface area contributed by atoms with Crippen LogP contribution < -0.4 is 9.47 Å². The summed E-state index contributed by atoms with van der Waals surface area (Å²) in [7, 11) is 1.63. The highest BCUT2D eigenvalue weighted by Crippen LogP contribution is 2.42. The number of morpholine rings is 1. The second-order valence-electron chi connectivity index (χ2n) is 6.54. The summed E-state index contributed by atoms with van der Waals surface area (Å²) < 4.78 is 18.2. The summed E-state index contributed by atoms with van der Waals surface area (Å²) >= 11 is 1.45. The quantitative estimate of drug-likeness (QED) is 0.676. The van der Waals surface area contributed by atoms with E-state index in [-0.39, 0.29) is 11.9 Å². The molecule has 1 N–H and O–H groups in total. The zero-order valence-corrected chi connectivity index (χ0v) is 17.0. The Kier molecular flexibility index (Phi) is 5.38. The van der Waals surface area contributed by atoms with Crippen LogP contribution in [0.2, 0.25) is 0 Å². The van der Waals surface area contributed by atoms with Crippen molar-refractivity contribution in [3.05, 3.63) is 34.5 Å². The van der Waals surface area contributed by atoms with E-state index in [4.69, 9.17) is 14.2 Å². The molecule has 1 aromatic carbocycles. The average molecular weight is 404 g/mol. The van der Waals surface area contributed by atoms with E-state index in [0.717, 1.165) is 23.5 Å². The smallest absolute Gasteiger partial charge is 0.230 e. The predicted molar refractivity (Wildman–Crippen MR) is 106 cm³/mol. The second kappa shape index (κ2) is 7.94. The third-order valence-corrected chi connectivity index (χ3v) is 5.84. The Balaban J connectivity index is 1.81. The first-order chi connectivity index (χ1) is 13.6. The summed E-state index contributed by atoms with van der Waals surface area (Å²) in [6, 6.07) is 5.77. The molecule has 0 radical (unpaired) electrons. The minimum Gasteiger partial charge on any atom is -0.493 e. The van der Waals surface area contributed by atoms with Crippen LogP contribution >= 0.6 is 11.3 Å². The molecule has 0 bridgehead atoms. The van der Waals surface area contributed by atoms with Crippen molar-refractivity contribution >= 4 is 16.3 Å². The molecule has 0 aliphatic carbocycles. The summed E-state index contributed by atoms with van der Waals surface area (Å²) in [4.78, 5) is 8.20. The minimum absolute atomic E-state index is 0.130. The maximum absolute atomic E-state index is 10.9. The average Bonchev–Trinajstić information content (AvgIpc) is 3.21. The van der Waals surface area contributed by atoms with Gasteiger partial charge in [-0.15, -0.1) is 5.10 Å². The molecule has 1 saturated heterocycles. The standard InChI is InChI=1S/C19H24N4O4S/c1-4-27-14-6-5-13(11-15(14)25-3)16(22-7-9-26-10-8-22)17-18(24)23-19(28-17)20-12(2)21-23/h5-6,11,16,24H,4,7-10H2,1-3H3. The van der Waals surface area contributed by atoms with Crippen LogP contribution in [-0.2, 0) is 4.74 Å². The Morgan fingerprint density at radius 2 is 2.07 bits per heavy atom. The fraction of sp³-hybridized carbons (Fsp3) is 0.474. The van der Waals surface area contributed by atoms with E-state index >= 15 is 0 Å². The van der Waals surface area contributed by atoms with Crippen molar-refractivity contribution in [2.24, 2.45) is 0 Å². The van der Waals surface area contributed by atoms with Crippen molar-refractivity contribution in [2.45, 2.75) is 19.9 Å². The van der Waals surface area contributed by atoms with Gasteiger partial charge in [-0.3, -0.25) is 4.90 Å². The molecule has 1 atom stereocenters.